The topological polar surface area (TPSA) is 84.1 Å². The Hall–Kier alpha value is -1.99. The molecule has 24 heavy (non-hydrogen) atoms. The fourth-order valence-electron chi connectivity index (χ4n) is 2.59. The molecule has 1 aromatic carbocycles. The molecule has 2 N–H and O–H groups in total. The van der Waals surface area contributed by atoms with Crippen LogP contribution in [0.2, 0.25) is 5.02 Å². The van der Waals surface area contributed by atoms with Gasteiger partial charge in [-0.25, -0.2) is 4.98 Å². The van der Waals surface area contributed by atoms with E-state index < -0.39 is 0 Å². The van der Waals surface area contributed by atoms with Gasteiger partial charge in [-0.15, -0.1) is 0 Å². The number of halogens is 1. The largest absolute Gasteiger partial charge is 0.495 e. The first-order valence-electron chi connectivity index (χ1n) is 7.45. The number of nitrogens with one attached hydrogen (secondary N) is 2. The average Bonchev–Trinajstić information content (AvgIpc) is 3.02. The molecular weight excluding hydrogens is 350 g/mol. The van der Waals surface area contributed by atoms with Crippen LogP contribution in [0.4, 0.5) is 5.69 Å². The molecule has 3 rings (SSSR count). The van der Waals surface area contributed by atoms with Crippen LogP contribution in [0.3, 0.4) is 0 Å². The van der Waals surface area contributed by atoms with Crippen LogP contribution in [0.15, 0.2) is 28.2 Å². The van der Waals surface area contributed by atoms with E-state index in [0.29, 0.717) is 21.6 Å². The number of thioether (sulfide) groups is 1. The summed E-state index contributed by atoms with van der Waals surface area (Å²) in [6.45, 7) is 0. The minimum absolute atomic E-state index is 0.100. The van der Waals surface area contributed by atoms with Crippen LogP contribution in [0.1, 0.15) is 17.7 Å². The van der Waals surface area contributed by atoms with Crippen molar-refractivity contribution in [2.24, 2.45) is 0 Å². The molecule has 0 unspecified atom stereocenters. The van der Waals surface area contributed by atoms with Gasteiger partial charge in [0.05, 0.1) is 24.2 Å². The third-order valence-corrected chi connectivity index (χ3v) is 4.80. The molecule has 0 aliphatic heterocycles. The molecule has 0 radical (unpaired) electrons. The van der Waals surface area contributed by atoms with Crippen LogP contribution in [-0.4, -0.2) is 28.7 Å². The third kappa shape index (κ3) is 3.73. The van der Waals surface area contributed by atoms with Crippen molar-refractivity contribution >= 4 is 35.0 Å². The number of H-pyrrole nitrogens is 1. The highest BCUT2D eigenvalue weighted by atomic mass is 35.5. The van der Waals surface area contributed by atoms with Gasteiger partial charge in [0.1, 0.15) is 5.75 Å². The summed E-state index contributed by atoms with van der Waals surface area (Å²) in [5, 5.41) is 3.72. The maximum atomic E-state index is 12.1. The zero-order chi connectivity index (χ0) is 17.1. The van der Waals surface area contributed by atoms with E-state index in [-0.39, 0.29) is 17.2 Å². The molecule has 0 bridgehead atoms. The highest BCUT2D eigenvalue weighted by molar-refractivity contribution is 7.99. The normalized spacial score (nSPS) is 12.8. The molecule has 8 heteroatoms. The number of anilines is 1. The molecule has 0 saturated carbocycles. The van der Waals surface area contributed by atoms with Crippen LogP contribution in [-0.2, 0) is 17.6 Å². The van der Waals surface area contributed by atoms with Crippen molar-refractivity contribution in [1.29, 1.82) is 0 Å². The number of carbonyl (C=O) groups excluding carboxylic acids is 1. The smallest absolute Gasteiger partial charge is 0.254 e. The van der Waals surface area contributed by atoms with Gasteiger partial charge in [-0.2, -0.15) is 0 Å². The number of benzene rings is 1. The average molecular weight is 366 g/mol. The summed E-state index contributed by atoms with van der Waals surface area (Å²) in [5.74, 6) is 0.419. The van der Waals surface area contributed by atoms with Gasteiger partial charge in [0.2, 0.25) is 5.91 Å². The van der Waals surface area contributed by atoms with Crippen molar-refractivity contribution < 1.29 is 9.53 Å². The number of methoxy groups -OCH3 is 1. The van der Waals surface area contributed by atoms with Crippen molar-refractivity contribution in [1.82, 2.24) is 9.97 Å². The predicted octanol–water partition coefficient (Wildman–Crippen LogP) is 2.65. The lowest BCUT2D eigenvalue weighted by molar-refractivity contribution is -0.113. The lowest BCUT2D eigenvalue weighted by Crippen LogP contribution is -2.17. The standard InChI is InChI=1S/C16H16ClN3O3S/c1-23-13-6-5-9(17)7-12(13)18-14(21)8-24-16-19-11-4-2-3-10(11)15(22)20-16/h5-7H,2-4,8H2,1H3,(H,18,21)(H,19,20,22). The van der Waals surface area contributed by atoms with Gasteiger partial charge < -0.3 is 15.0 Å². The highest BCUT2D eigenvalue weighted by Gasteiger charge is 2.17. The number of aryl methyl sites for hydroxylation is 1. The Morgan fingerprint density at radius 3 is 3.08 bits per heavy atom. The fraction of sp³-hybridized carbons (Fsp3) is 0.312. The van der Waals surface area contributed by atoms with Crippen LogP contribution >= 0.6 is 23.4 Å². The third-order valence-electron chi connectivity index (χ3n) is 3.70. The molecule has 1 amide bonds. The van der Waals surface area contributed by atoms with Crippen molar-refractivity contribution in [2.75, 3.05) is 18.2 Å². The van der Waals surface area contributed by atoms with Crippen molar-refractivity contribution in [3.05, 3.63) is 44.8 Å². The first-order chi connectivity index (χ1) is 11.6. The van der Waals surface area contributed by atoms with Crippen LogP contribution in [0.25, 0.3) is 0 Å². The van der Waals surface area contributed by atoms with Gasteiger partial charge in [0.15, 0.2) is 5.16 Å². The Labute approximate surface area is 148 Å². The number of fused-ring (bicyclic) bond motifs is 1. The number of ether oxygens (including phenoxy) is 1. The fourth-order valence-corrected chi connectivity index (χ4v) is 3.44. The number of nitrogens with zero attached hydrogens (tertiary/aromatic N) is 1. The first-order valence-corrected chi connectivity index (χ1v) is 8.81. The molecule has 6 nitrogen and oxygen atoms in total. The van der Waals surface area contributed by atoms with E-state index in [0.717, 1.165) is 30.5 Å². The summed E-state index contributed by atoms with van der Waals surface area (Å²) in [5.41, 5.74) is 2.02. The summed E-state index contributed by atoms with van der Waals surface area (Å²) in [6.07, 6.45) is 2.55. The molecule has 0 saturated heterocycles. The number of hydrogen-bond acceptors (Lipinski definition) is 5. The van der Waals surface area contributed by atoms with Gasteiger partial charge in [0.25, 0.3) is 5.56 Å². The van der Waals surface area contributed by atoms with Crippen molar-refractivity contribution in [3.8, 4) is 5.75 Å². The summed E-state index contributed by atoms with van der Waals surface area (Å²) in [7, 11) is 1.52. The molecule has 2 aromatic rings. The van der Waals surface area contributed by atoms with E-state index in [4.69, 9.17) is 16.3 Å². The SMILES string of the molecule is COc1ccc(Cl)cc1NC(=O)CSc1nc2c(c(=O)[nH]1)CCC2. The molecule has 126 valence electrons. The Kier molecular flexibility index (Phi) is 5.11. The van der Waals surface area contributed by atoms with Crippen molar-refractivity contribution in [3.63, 3.8) is 0 Å². The zero-order valence-electron chi connectivity index (χ0n) is 13.0. The second-order valence-corrected chi connectivity index (χ2v) is 6.73. The number of aromatic amines is 1. The highest BCUT2D eigenvalue weighted by Crippen LogP contribution is 2.28. The van der Waals surface area contributed by atoms with Crippen molar-refractivity contribution in [2.45, 2.75) is 24.4 Å². The minimum atomic E-state index is -0.233. The Bertz CT molecular complexity index is 838. The van der Waals surface area contributed by atoms with Gasteiger partial charge >= 0.3 is 0 Å². The zero-order valence-corrected chi connectivity index (χ0v) is 14.6. The number of carbonyl (C=O) groups is 1. The molecule has 0 fully saturated rings. The van der Waals surface area contributed by atoms with E-state index >= 15 is 0 Å². The Morgan fingerprint density at radius 1 is 1.46 bits per heavy atom. The lowest BCUT2D eigenvalue weighted by Gasteiger charge is -2.10. The molecule has 1 heterocycles. The van der Waals surface area contributed by atoms with E-state index in [2.05, 4.69) is 15.3 Å². The Balaban J connectivity index is 1.65. The summed E-state index contributed by atoms with van der Waals surface area (Å²) in [6, 6.07) is 4.99. The maximum absolute atomic E-state index is 12.1. The molecule has 1 aromatic heterocycles. The van der Waals surface area contributed by atoms with Crippen LogP contribution in [0, 0.1) is 0 Å². The summed E-state index contributed by atoms with van der Waals surface area (Å²) < 4.78 is 5.19. The van der Waals surface area contributed by atoms with E-state index in [1.807, 2.05) is 0 Å². The van der Waals surface area contributed by atoms with Gasteiger partial charge in [-0.05, 0) is 37.5 Å². The molecule has 1 aliphatic rings. The molecule has 1 aliphatic carbocycles. The van der Waals surface area contributed by atoms with Gasteiger partial charge in [-0.3, -0.25) is 9.59 Å². The van der Waals surface area contributed by atoms with Crippen LogP contribution < -0.4 is 15.6 Å². The quantitative estimate of drug-likeness (QED) is 0.628. The lowest BCUT2D eigenvalue weighted by atomic mass is 10.3. The number of aromatic nitrogens is 2. The molecule has 0 atom stereocenters. The van der Waals surface area contributed by atoms with E-state index in [1.54, 1.807) is 18.2 Å². The number of amides is 1. The second kappa shape index (κ2) is 7.27. The minimum Gasteiger partial charge on any atom is -0.495 e. The maximum Gasteiger partial charge on any atom is 0.254 e. The molecular formula is C16H16ClN3O3S. The summed E-state index contributed by atoms with van der Waals surface area (Å²) in [4.78, 5) is 31.2. The van der Waals surface area contributed by atoms with E-state index in [9.17, 15) is 9.59 Å². The number of hydrogen-bond donors (Lipinski definition) is 2. The second-order valence-electron chi connectivity index (χ2n) is 5.33. The van der Waals surface area contributed by atoms with Crippen LogP contribution in [0.5, 0.6) is 5.75 Å². The van der Waals surface area contributed by atoms with Gasteiger partial charge in [0, 0.05) is 10.6 Å². The monoisotopic (exact) mass is 365 g/mol. The number of rotatable bonds is 5. The first kappa shape index (κ1) is 16.9. The van der Waals surface area contributed by atoms with E-state index in [1.165, 1.54) is 18.9 Å². The molecule has 0 spiro atoms. The Morgan fingerprint density at radius 2 is 2.29 bits per heavy atom. The van der Waals surface area contributed by atoms with Gasteiger partial charge in [-0.1, -0.05) is 23.4 Å². The predicted molar refractivity (Wildman–Crippen MR) is 94.2 cm³/mol. The summed E-state index contributed by atoms with van der Waals surface area (Å²) >= 11 is 7.13.